The molecular formula is C34H21Li2N9O6S3. The van der Waals surface area contributed by atoms with Crippen molar-refractivity contribution < 1.29 is 65.3 Å². The van der Waals surface area contributed by atoms with E-state index in [2.05, 4.69) is 52.6 Å². The molecule has 2 N–H and O–H groups in total. The Hall–Kier alpha value is -4.90. The van der Waals surface area contributed by atoms with Crippen molar-refractivity contribution in [2.45, 2.75) is 16.7 Å². The largest absolute Gasteiger partial charge is 1.00 e. The van der Waals surface area contributed by atoms with Crippen molar-refractivity contribution >= 4 is 88.7 Å². The molecule has 258 valence electrons. The molecule has 0 spiro atoms. The van der Waals surface area contributed by atoms with Gasteiger partial charge in [-0.05, 0) is 66.9 Å². The molecule has 15 nitrogen and oxygen atoms in total. The molecule has 0 aliphatic heterocycles. The van der Waals surface area contributed by atoms with E-state index >= 15 is 0 Å². The number of benzene rings is 4. The fourth-order valence-electron chi connectivity index (χ4n) is 4.88. The Bertz CT molecular complexity index is 2550. The molecule has 0 fully saturated rings. The van der Waals surface area contributed by atoms with Gasteiger partial charge in [0.05, 0.1) is 33.8 Å². The summed E-state index contributed by atoms with van der Waals surface area (Å²) in [5, 5.41) is 58.0. The van der Waals surface area contributed by atoms with E-state index in [1.54, 1.807) is 6.92 Å². The summed E-state index contributed by atoms with van der Waals surface area (Å²) >= 11 is 1.46. The van der Waals surface area contributed by atoms with Crippen molar-refractivity contribution in [3.63, 3.8) is 0 Å². The van der Waals surface area contributed by atoms with Crippen LogP contribution in [0.2, 0.25) is 0 Å². The van der Waals surface area contributed by atoms with Gasteiger partial charge in [0.15, 0.2) is 16.6 Å². The van der Waals surface area contributed by atoms with Gasteiger partial charge in [-0.25, -0.2) is 13.4 Å². The molecule has 0 aliphatic rings. The van der Waals surface area contributed by atoms with Crippen LogP contribution < -0.4 is 53.6 Å². The predicted molar refractivity (Wildman–Crippen MR) is 190 cm³/mol. The zero-order chi connectivity index (χ0) is 36.7. The minimum Gasteiger partial charge on any atom is -0.744 e. The molecule has 0 saturated carbocycles. The van der Waals surface area contributed by atoms with Crippen LogP contribution >= 0.6 is 23.4 Å². The number of aromatic nitrogens is 1. The normalized spacial score (nSPS) is 11.1. The molecule has 0 aliphatic carbocycles. The maximum Gasteiger partial charge on any atom is 1.00 e. The van der Waals surface area contributed by atoms with Gasteiger partial charge in [-0.3, -0.25) is 5.04 Å². The summed E-state index contributed by atoms with van der Waals surface area (Å²) in [6, 6.07) is 31.2. The number of rotatable bonds is 12. The maximum atomic E-state index is 12.0. The molecule has 0 amide bonds. The quantitative estimate of drug-likeness (QED) is 0.0458. The van der Waals surface area contributed by atoms with E-state index in [0.717, 1.165) is 23.1 Å². The van der Waals surface area contributed by atoms with Gasteiger partial charge in [-0.1, -0.05) is 53.8 Å². The van der Waals surface area contributed by atoms with Crippen LogP contribution in [-0.4, -0.2) is 18.0 Å². The van der Waals surface area contributed by atoms with E-state index in [4.69, 9.17) is 4.98 Å². The predicted octanol–water partition coefficient (Wildman–Crippen LogP) is 2.81. The van der Waals surface area contributed by atoms with Gasteiger partial charge >= 0.3 is 37.7 Å². The summed E-state index contributed by atoms with van der Waals surface area (Å²) in [5.41, 5.74) is 2.82. The van der Waals surface area contributed by atoms with Crippen LogP contribution in [0.5, 0.6) is 0 Å². The van der Waals surface area contributed by atoms with Gasteiger partial charge in [0.2, 0.25) is 0 Å². The number of fused-ring (bicyclic) bond motifs is 1. The Morgan fingerprint density at radius 2 is 1.50 bits per heavy atom. The standard InChI is InChI=1S/C34H23N9O6S3.2Li/c1-20-28(19-36)32(37-23-8-4-2-5-9-23)39-33(38-24-10-6-3-7-11-24)31(20)42-43-34-22(18-35)15-30(50-34)41-40-25-13-12-21-14-26(51-49-48-44)17-29(27(21)16-25)52(45,46)47;;/h2-17,44H,1H3,(H2,37,38,39)(H,45,46,47);;/q;2*+1/p-2. The SMILES string of the molecule is Cc1c(C#N)c(Nc2ccccc2)nc(Nc2ccccc2)c1N=Nc1sc(N=Nc2ccc3cc(SOO[O-])cc(S(=O)(=O)[O-])c3c2)cc1C#N.[Li+].[Li+]. The minimum absolute atomic E-state index is 0. The number of anilines is 4. The zero-order valence-electron chi connectivity index (χ0n) is 28.5. The molecule has 0 unspecified atom stereocenters. The number of thiophene rings is 1. The Morgan fingerprint density at radius 3 is 2.11 bits per heavy atom. The van der Waals surface area contributed by atoms with Crippen LogP contribution in [0, 0.1) is 29.6 Å². The average Bonchev–Trinajstić information content (AvgIpc) is 3.55. The fraction of sp³-hybridized carbons (Fsp3) is 0.0294. The zero-order valence-corrected chi connectivity index (χ0v) is 31.0. The maximum absolute atomic E-state index is 12.0. The van der Waals surface area contributed by atoms with E-state index in [-0.39, 0.29) is 80.5 Å². The molecule has 0 saturated heterocycles. The van der Waals surface area contributed by atoms with E-state index in [0.29, 0.717) is 40.3 Å². The summed E-state index contributed by atoms with van der Waals surface area (Å²) in [6.07, 6.45) is 0. The summed E-state index contributed by atoms with van der Waals surface area (Å²) in [6.45, 7) is 1.72. The molecule has 6 aromatic rings. The average molecular weight is 762 g/mol. The van der Waals surface area contributed by atoms with Crippen LogP contribution in [-0.2, 0) is 19.5 Å². The van der Waals surface area contributed by atoms with Gasteiger partial charge in [0, 0.05) is 27.2 Å². The monoisotopic (exact) mass is 761 g/mol. The number of azo groups is 2. The van der Waals surface area contributed by atoms with Gasteiger partial charge in [-0.15, -0.1) is 20.5 Å². The number of pyridine rings is 1. The first-order chi connectivity index (χ1) is 25.2. The smallest absolute Gasteiger partial charge is 0.744 e. The van der Waals surface area contributed by atoms with Crippen molar-refractivity contribution in [1.29, 1.82) is 10.5 Å². The van der Waals surface area contributed by atoms with Crippen molar-refractivity contribution in [2.75, 3.05) is 10.6 Å². The van der Waals surface area contributed by atoms with Gasteiger partial charge in [0.25, 0.3) is 0 Å². The summed E-state index contributed by atoms with van der Waals surface area (Å²) in [7, 11) is -4.94. The third-order valence-electron chi connectivity index (χ3n) is 7.23. The van der Waals surface area contributed by atoms with Crippen LogP contribution in [0.1, 0.15) is 16.7 Å². The second-order valence-electron chi connectivity index (χ2n) is 10.6. The van der Waals surface area contributed by atoms with Crippen LogP contribution in [0.15, 0.2) is 127 Å². The van der Waals surface area contributed by atoms with E-state index in [1.165, 1.54) is 30.3 Å². The molecule has 2 aromatic heterocycles. The second-order valence-corrected chi connectivity index (χ2v) is 13.7. The molecule has 54 heavy (non-hydrogen) atoms. The Kier molecular flexibility index (Phi) is 14.7. The first-order valence-electron chi connectivity index (χ1n) is 14.8. The van der Waals surface area contributed by atoms with E-state index < -0.39 is 15.0 Å². The number of nitriles is 2. The Balaban J connectivity index is 0.00000325. The Morgan fingerprint density at radius 1 is 0.833 bits per heavy atom. The van der Waals surface area contributed by atoms with Crippen molar-refractivity contribution in [3.05, 3.63) is 114 Å². The van der Waals surface area contributed by atoms with Gasteiger partial charge < -0.3 is 20.4 Å². The Labute approximate surface area is 341 Å². The van der Waals surface area contributed by atoms with Crippen molar-refractivity contribution in [2.24, 2.45) is 20.5 Å². The first-order valence-corrected chi connectivity index (χ1v) is 17.8. The van der Waals surface area contributed by atoms with Gasteiger partial charge in [-0.2, -0.15) is 14.9 Å². The second kappa shape index (κ2) is 18.9. The van der Waals surface area contributed by atoms with Crippen LogP contribution in [0.25, 0.3) is 10.8 Å². The first kappa shape index (κ1) is 41.9. The molecule has 20 heteroatoms. The number of nitrogens with one attached hydrogen (secondary N) is 2. The fourth-order valence-corrected chi connectivity index (χ4v) is 6.87. The van der Waals surface area contributed by atoms with Crippen LogP contribution in [0.3, 0.4) is 0 Å². The molecule has 2 heterocycles. The van der Waals surface area contributed by atoms with E-state index in [1.807, 2.05) is 60.7 Å². The van der Waals surface area contributed by atoms with Crippen molar-refractivity contribution in [3.8, 4) is 12.1 Å². The third-order valence-corrected chi connectivity index (χ3v) is 9.56. The number of hydrogen-bond acceptors (Lipinski definition) is 17. The molecule has 0 radical (unpaired) electrons. The van der Waals surface area contributed by atoms with E-state index in [9.17, 15) is 28.8 Å². The summed E-state index contributed by atoms with van der Waals surface area (Å²) < 4.78 is 40.4. The molecular weight excluding hydrogens is 741 g/mol. The summed E-state index contributed by atoms with van der Waals surface area (Å²) in [4.78, 5) is 4.29. The third kappa shape index (κ3) is 9.99. The summed E-state index contributed by atoms with van der Waals surface area (Å²) in [5.74, 6) is 0.628. The van der Waals surface area contributed by atoms with Crippen molar-refractivity contribution in [1.82, 2.24) is 4.98 Å². The number of hydrogen-bond donors (Lipinski definition) is 2. The van der Waals surface area contributed by atoms with Gasteiger partial charge in [0.1, 0.15) is 32.9 Å². The number of nitrogens with zero attached hydrogens (tertiary/aromatic N) is 7. The topological polar surface area (TPSA) is 233 Å². The minimum atomic E-state index is -4.94. The molecule has 0 bridgehead atoms. The number of para-hydroxylation sites is 2. The van der Waals surface area contributed by atoms with Crippen LogP contribution in [0.4, 0.5) is 44.4 Å². The molecule has 0 atom stereocenters. The molecule has 4 aromatic carbocycles. The molecule has 6 rings (SSSR count).